The summed E-state index contributed by atoms with van der Waals surface area (Å²) in [6.07, 6.45) is 0. The van der Waals surface area contributed by atoms with Gasteiger partial charge in [-0.2, -0.15) is 0 Å². The van der Waals surface area contributed by atoms with E-state index >= 15 is 0 Å². The van der Waals surface area contributed by atoms with Crippen LogP contribution in [0.5, 0.6) is 0 Å². The smallest absolute Gasteiger partial charge is 0.300 e. The molecule has 0 fully saturated rings. The Hall–Kier alpha value is 0.01000. The molecule has 2 N–H and O–H groups in total. The van der Waals surface area contributed by atoms with E-state index in [9.17, 15) is 0 Å². The Morgan fingerprint density at radius 1 is 1.71 bits per heavy atom. The van der Waals surface area contributed by atoms with Crippen LogP contribution in [0.15, 0.2) is 0 Å². The van der Waals surface area contributed by atoms with Gasteiger partial charge in [-0.3, -0.25) is 4.79 Å². The van der Waals surface area contributed by atoms with Crippen LogP contribution < -0.4 is 4.35 Å². The van der Waals surface area contributed by atoms with Gasteiger partial charge in [-0.1, -0.05) is 0 Å². The van der Waals surface area contributed by atoms with E-state index in [1.807, 2.05) is 0 Å². The minimum atomic E-state index is -0.833. The van der Waals surface area contributed by atoms with Crippen LogP contribution in [0, 0.1) is 0 Å². The van der Waals surface area contributed by atoms with Gasteiger partial charge in [0.2, 0.25) is 0 Å². The van der Waals surface area contributed by atoms with E-state index in [1.54, 1.807) is 4.35 Å². The van der Waals surface area contributed by atoms with Gasteiger partial charge >= 0.3 is 0 Å². The van der Waals surface area contributed by atoms with Crippen molar-refractivity contribution in [2.24, 2.45) is 0 Å². The molecule has 0 bridgehead atoms. The molecule has 0 amide bonds. The Balaban J connectivity index is 0. The molecule has 0 aromatic carbocycles. The summed E-state index contributed by atoms with van der Waals surface area (Å²) < 4.78 is 1.69. The first kappa shape index (κ1) is 10.1. The van der Waals surface area contributed by atoms with E-state index in [4.69, 9.17) is 9.90 Å². The minimum absolute atomic E-state index is 0.833. The maximum absolute atomic E-state index is 9.00. The summed E-state index contributed by atoms with van der Waals surface area (Å²) in [6.45, 7) is 1.08. The van der Waals surface area contributed by atoms with E-state index in [0.29, 0.717) is 0 Å². The number of nitrogens with one attached hydrogen (secondary N) is 1. The molecule has 0 saturated heterocycles. The average Bonchev–Trinajstić information content (AvgIpc) is 1.33. The highest BCUT2D eigenvalue weighted by Gasteiger charge is 1.65. The zero-order valence-corrected chi connectivity index (χ0v) is 5.12. The number of carboxylic acid groups (broad SMARTS) is 1. The van der Waals surface area contributed by atoms with Crippen molar-refractivity contribution in [3.63, 3.8) is 0 Å². The highest BCUT2D eigenvalue weighted by molar-refractivity contribution is 6.33. The van der Waals surface area contributed by atoms with Crippen molar-refractivity contribution in [3.05, 3.63) is 0 Å². The van der Waals surface area contributed by atoms with Gasteiger partial charge in [-0.15, -0.1) is 4.35 Å². The first-order valence-corrected chi connectivity index (χ1v) is 2.06. The Kier molecular flexibility index (Phi) is 13.5. The van der Waals surface area contributed by atoms with E-state index < -0.39 is 5.97 Å². The molecule has 5 heteroatoms. The molecule has 0 spiro atoms. The Morgan fingerprint density at radius 3 is 1.71 bits per heavy atom. The van der Waals surface area contributed by atoms with Crippen molar-refractivity contribution in [1.82, 2.24) is 4.35 Å². The van der Waals surface area contributed by atoms with Crippen LogP contribution >= 0.6 is 23.6 Å². The predicted molar refractivity (Wildman–Crippen MR) is 28.2 cm³/mol. The molecule has 0 heterocycles. The largest absolute Gasteiger partial charge is 0.481 e. The first-order valence-electron chi connectivity index (χ1n) is 1.31. The highest BCUT2D eigenvalue weighted by Crippen LogP contribution is 1.57. The molecule has 44 valence electrons. The number of halogens is 2. The van der Waals surface area contributed by atoms with Crippen LogP contribution in [0.4, 0.5) is 0 Å². The van der Waals surface area contributed by atoms with Crippen LogP contribution in [-0.4, -0.2) is 11.1 Å². The fourth-order valence-corrected chi connectivity index (χ4v) is 0. The normalized spacial score (nSPS) is 6.14. The van der Waals surface area contributed by atoms with Gasteiger partial charge in [0.1, 0.15) is 0 Å². The van der Waals surface area contributed by atoms with Crippen molar-refractivity contribution < 1.29 is 9.90 Å². The second kappa shape index (κ2) is 9.38. The van der Waals surface area contributed by atoms with Crippen LogP contribution in [-0.2, 0) is 4.79 Å². The summed E-state index contributed by atoms with van der Waals surface area (Å²) in [5.74, 6) is -0.833. The van der Waals surface area contributed by atoms with E-state index in [0.717, 1.165) is 6.92 Å². The minimum Gasteiger partial charge on any atom is -0.481 e. The van der Waals surface area contributed by atoms with Crippen LogP contribution in [0.1, 0.15) is 6.92 Å². The molecule has 0 rings (SSSR count). The number of carbonyl (C=O) groups is 1. The van der Waals surface area contributed by atoms with Gasteiger partial charge < -0.3 is 5.11 Å². The van der Waals surface area contributed by atoms with Gasteiger partial charge in [0.05, 0.1) is 0 Å². The number of carboxylic acids is 1. The SMILES string of the molecule is CC(=O)O.ClNCl. The average molecular weight is 146 g/mol. The molecule has 0 aliphatic rings. The first-order chi connectivity index (χ1) is 3.15. The summed E-state index contributed by atoms with van der Waals surface area (Å²) in [7, 11) is 0. The second-order valence-corrected chi connectivity index (χ2v) is 1.16. The van der Waals surface area contributed by atoms with E-state index in [1.165, 1.54) is 0 Å². The quantitative estimate of drug-likeness (QED) is 0.500. The van der Waals surface area contributed by atoms with Gasteiger partial charge in [0.25, 0.3) is 5.97 Å². The molecule has 0 saturated carbocycles. The summed E-state index contributed by atoms with van der Waals surface area (Å²) in [5.41, 5.74) is 0. The van der Waals surface area contributed by atoms with E-state index in [2.05, 4.69) is 23.6 Å². The van der Waals surface area contributed by atoms with Gasteiger partial charge in [-0.05, 0) is 23.6 Å². The monoisotopic (exact) mass is 145 g/mol. The lowest BCUT2D eigenvalue weighted by molar-refractivity contribution is -0.134. The van der Waals surface area contributed by atoms with Gasteiger partial charge in [-0.25, -0.2) is 0 Å². The third kappa shape index (κ3) is 966000. The number of aliphatic carboxylic acids is 1. The van der Waals surface area contributed by atoms with Crippen LogP contribution in [0.2, 0.25) is 0 Å². The number of hydrogen-bond donors (Lipinski definition) is 2. The summed E-state index contributed by atoms with van der Waals surface area (Å²) >= 11 is 9.03. The van der Waals surface area contributed by atoms with Crippen molar-refractivity contribution in [2.75, 3.05) is 0 Å². The van der Waals surface area contributed by atoms with Crippen molar-refractivity contribution in [2.45, 2.75) is 6.92 Å². The van der Waals surface area contributed by atoms with Crippen molar-refractivity contribution in [3.8, 4) is 0 Å². The second-order valence-electron chi connectivity index (χ2n) is 0.590. The molecular formula is C2H5Cl2NO2. The lowest BCUT2D eigenvalue weighted by atomic mass is 10.9. The zero-order valence-electron chi connectivity index (χ0n) is 3.61. The third-order valence-electron chi connectivity index (χ3n) is 0. The van der Waals surface area contributed by atoms with Crippen LogP contribution in [0.3, 0.4) is 0 Å². The topological polar surface area (TPSA) is 49.3 Å². The fraction of sp³-hybridized carbons (Fsp3) is 0.500. The molecule has 0 aliphatic carbocycles. The lowest BCUT2D eigenvalue weighted by Gasteiger charge is -1.59. The highest BCUT2D eigenvalue weighted by atomic mass is 35.5. The van der Waals surface area contributed by atoms with Crippen LogP contribution in [0.25, 0.3) is 0 Å². The van der Waals surface area contributed by atoms with Crippen molar-refractivity contribution in [1.29, 1.82) is 0 Å². The van der Waals surface area contributed by atoms with Gasteiger partial charge in [0.15, 0.2) is 0 Å². The zero-order chi connectivity index (χ0) is 6.28. The lowest BCUT2D eigenvalue weighted by Crippen LogP contribution is -1.78. The Morgan fingerprint density at radius 2 is 1.71 bits per heavy atom. The number of rotatable bonds is 0. The maximum Gasteiger partial charge on any atom is 0.300 e. The molecule has 0 aromatic rings. The molecular weight excluding hydrogens is 141 g/mol. The summed E-state index contributed by atoms with van der Waals surface area (Å²) in [4.78, 5) is 9.00. The molecule has 0 aromatic heterocycles. The molecule has 0 aliphatic heterocycles. The predicted octanol–water partition coefficient (Wildman–Crippen LogP) is 0.974. The fourth-order valence-electron chi connectivity index (χ4n) is 0. The Bertz CT molecular complexity index is 45.0. The Labute approximate surface area is 51.4 Å². The van der Waals surface area contributed by atoms with Gasteiger partial charge in [0, 0.05) is 6.92 Å². The third-order valence-corrected chi connectivity index (χ3v) is 0. The standard InChI is InChI=1S/C2H4O2.Cl2HN/c1-2(3)4;1-3-2/h1H3,(H,3,4);3H. The molecule has 0 unspecified atom stereocenters. The number of hydrogen-bond acceptors (Lipinski definition) is 2. The molecule has 3 nitrogen and oxygen atoms in total. The van der Waals surface area contributed by atoms with E-state index in [-0.39, 0.29) is 0 Å². The molecule has 0 atom stereocenters. The summed E-state index contributed by atoms with van der Waals surface area (Å²) in [6, 6.07) is 0. The molecule has 0 radical (unpaired) electrons. The molecule has 7 heavy (non-hydrogen) atoms. The summed E-state index contributed by atoms with van der Waals surface area (Å²) in [5, 5.41) is 7.42. The maximum atomic E-state index is 9.00. The van der Waals surface area contributed by atoms with Crippen molar-refractivity contribution >= 4 is 29.5 Å².